The van der Waals surface area contributed by atoms with Gasteiger partial charge in [-0.05, 0) is 36.4 Å². The summed E-state index contributed by atoms with van der Waals surface area (Å²) in [4.78, 5) is 31.9. The Morgan fingerprint density at radius 2 is 1.91 bits per heavy atom. The molecule has 2 aromatic rings. The lowest BCUT2D eigenvalue weighted by Gasteiger charge is -2.16. The van der Waals surface area contributed by atoms with Gasteiger partial charge in [0.05, 0.1) is 38.7 Å². The van der Waals surface area contributed by atoms with Gasteiger partial charge in [0.2, 0.25) is 11.8 Å². The number of benzene rings is 2. The second kappa shape index (κ2) is 11.2. The molecule has 0 aliphatic carbocycles. The van der Waals surface area contributed by atoms with E-state index in [-0.39, 0.29) is 18.2 Å². The molecule has 2 amide bonds. The third-order valence-electron chi connectivity index (χ3n) is 4.64. The number of anilines is 1. The van der Waals surface area contributed by atoms with Gasteiger partial charge in [-0.3, -0.25) is 14.5 Å². The van der Waals surface area contributed by atoms with Crippen LogP contribution < -0.4 is 14.8 Å². The third kappa shape index (κ3) is 5.93. The molecule has 1 saturated heterocycles. The number of nitrogens with zero attached hydrogens (tertiary/aromatic N) is 2. The van der Waals surface area contributed by atoms with Crippen molar-refractivity contribution >= 4 is 51.7 Å². The number of methoxy groups -OCH3 is 3. The molecule has 32 heavy (non-hydrogen) atoms. The van der Waals surface area contributed by atoms with E-state index in [9.17, 15) is 9.59 Å². The largest absolute Gasteiger partial charge is 0.497 e. The molecule has 1 aliphatic heterocycles. The molecule has 2 aromatic carbocycles. The predicted octanol–water partition coefficient (Wildman–Crippen LogP) is 3.96. The number of carbonyl (C=O) groups excluding carboxylic acids is 2. The van der Waals surface area contributed by atoms with Gasteiger partial charge in [0.1, 0.15) is 16.7 Å². The first-order chi connectivity index (χ1) is 15.4. The smallest absolute Gasteiger partial charge is 0.242 e. The summed E-state index contributed by atoms with van der Waals surface area (Å²) in [6, 6.07) is 12.1. The second-order valence-corrected chi connectivity index (χ2v) is 8.38. The van der Waals surface area contributed by atoms with Gasteiger partial charge in [0.15, 0.2) is 5.17 Å². The maximum Gasteiger partial charge on any atom is 0.242 e. The summed E-state index contributed by atoms with van der Waals surface area (Å²) in [5.41, 5.74) is 1.14. The number of aliphatic imine (C=N–C) groups is 1. The Morgan fingerprint density at radius 3 is 2.56 bits per heavy atom. The van der Waals surface area contributed by atoms with Gasteiger partial charge in [-0.15, -0.1) is 0 Å². The van der Waals surface area contributed by atoms with Crippen LogP contribution in [0.1, 0.15) is 6.42 Å². The fourth-order valence-electron chi connectivity index (χ4n) is 3.02. The molecular formula is C22H24ClN3O5S. The second-order valence-electron chi connectivity index (χ2n) is 6.78. The topological polar surface area (TPSA) is 89.5 Å². The van der Waals surface area contributed by atoms with Gasteiger partial charge in [0.25, 0.3) is 0 Å². The number of rotatable bonds is 9. The molecule has 1 heterocycles. The van der Waals surface area contributed by atoms with Gasteiger partial charge >= 0.3 is 0 Å². The van der Waals surface area contributed by atoms with Crippen LogP contribution in [0, 0.1) is 0 Å². The number of thioether (sulfide) groups is 1. The number of hydrogen-bond acceptors (Lipinski definition) is 7. The van der Waals surface area contributed by atoms with E-state index in [1.54, 1.807) is 54.5 Å². The lowest BCUT2D eigenvalue weighted by molar-refractivity contribution is -0.128. The highest BCUT2D eigenvalue weighted by molar-refractivity contribution is 8.15. The number of halogens is 1. The van der Waals surface area contributed by atoms with Gasteiger partial charge in [0, 0.05) is 24.6 Å². The van der Waals surface area contributed by atoms with Gasteiger partial charge in [-0.25, -0.2) is 4.99 Å². The molecule has 170 valence electrons. The first kappa shape index (κ1) is 23.9. The lowest BCUT2D eigenvalue weighted by Crippen LogP contribution is -2.35. The molecule has 3 rings (SSSR count). The molecule has 1 N–H and O–H groups in total. The molecule has 1 unspecified atom stereocenters. The third-order valence-corrected chi connectivity index (χ3v) is 6.07. The van der Waals surface area contributed by atoms with Crippen molar-refractivity contribution in [2.75, 3.05) is 39.8 Å². The fourth-order valence-corrected chi connectivity index (χ4v) is 4.33. The highest BCUT2D eigenvalue weighted by atomic mass is 35.5. The number of ether oxygens (including phenoxy) is 3. The van der Waals surface area contributed by atoms with Crippen molar-refractivity contribution in [1.82, 2.24) is 4.90 Å². The summed E-state index contributed by atoms with van der Waals surface area (Å²) in [5.74, 6) is 0.571. The number of carbonyl (C=O) groups is 2. The minimum Gasteiger partial charge on any atom is -0.497 e. The van der Waals surface area contributed by atoms with Crippen molar-refractivity contribution in [1.29, 1.82) is 0 Å². The van der Waals surface area contributed by atoms with E-state index in [1.165, 1.54) is 26.0 Å². The first-order valence-electron chi connectivity index (χ1n) is 9.78. The predicted molar refractivity (Wildman–Crippen MR) is 126 cm³/mol. The molecule has 0 radical (unpaired) electrons. The summed E-state index contributed by atoms with van der Waals surface area (Å²) in [7, 11) is 4.62. The standard InChI is InChI=1S/C22H24ClN3O5S/c1-29-11-10-26-21(28)19(32-22(26)24-15-6-4-14(23)5-7-15)13-20(27)25-17-12-16(30-2)8-9-18(17)31-3/h4-9,12,19H,10-11,13H2,1-3H3,(H,25,27). The Balaban J connectivity index is 1.75. The minimum absolute atomic E-state index is 0.0208. The molecule has 1 atom stereocenters. The van der Waals surface area contributed by atoms with Crippen LogP contribution >= 0.6 is 23.4 Å². The van der Waals surface area contributed by atoms with Crippen molar-refractivity contribution < 1.29 is 23.8 Å². The summed E-state index contributed by atoms with van der Waals surface area (Å²) >= 11 is 7.19. The molecule has 8 nitrogen and oxygen atoms in total. The normalized spacial score (nSPS) is 17.0. The molecule has 0 aromatic heterocycles. The molecular weight excluding hydrogens is 454 g/mol. The fraction of sp³-hybridized carbons (Fsp3) is 0.318. The minimum atomic E-state index is -0.602. The average Bonchev–Trinajstić information content (AvgIpc) is 3.07. The van der Waals surface area contributed by atoms with Crippen LogP contribution in [0.5, 0.6) is 11.5 Å². The maximum absolute atomic E-state index is 13.0. The Labute approximate surface area is 195 Å². The van der Waals surface area contributed by atoms with Crippen molar-refractivity contribution in [3.8, 4) is 11.5 Å². The summed E-state index contributed by atoms with van der Waals surface area (Å²) < 4.78 is 15.6. The number of amides is 2. The van der Waals surface area contributed by atoms with E-state index in [0.717, 1.165) is 0 Å². The number of amidine groups is 1. The van der Waals surface area contributed by atoms with E-state index in [2.05, 4.69) is 10.3 Å². The maximum atomic E-state index is 13.0. The molecule has 0 saturated carbocycles. The SMILES string of the molecule is COCCN1C(=O)C(CC(=O)Nc2cc(OC)ccc2OC)SC1=Nc1ccc(Cl)cc1. The average molecular weight is 478 g/mol. The van der Waals surface area contributed by atoms with Crippen LogP contribution in [0.25, 0.3) is 0 Å². The van der Waals surface area contributed by atoms with Crippen LogP contribution in [0.4, 0.5) is 11.4 Å². The zero-order valence-corrected chi connectivity index (χ0v) is 19.5. The summed E-state index contributed by atoms with van der Waals surface area (Å²) in [6.45, 7) is 0.697. The zero-order valence-electron chi connectivity index (χ0n) is 18.0. The van der Waals surface area contributed by atoms with E-state index in [0.29, 0.717) is 46.2 Å². The van der Waals surface area contributed by atoms with Crippen LogP contribution in [0.3, 0.4) is 0 Å². The Kier molecular flexibility index (Phi) is 8.38. The molecule has 10 heteroatoms. The quantitative estimate of drug-likeness (QED) is 0.588. The van der Waals surface area contributed by atoms with E-state index in [1.807, 2.05) is 0 Å². The highest BCUT2D eigenvalue weighted by Crippen LogP contribution is 2.33. The van der Waals surface area contributed by atoms with Gasteiger partial charge in [-0.1, -0.05) is 23.4 Å². The monoisotopic (exact) mass is 477 g/mol. The zero-order chi connectivity index (χ0) is 23.1. The van der Waals surface area contributed by atoms with Gasteiger partial charge in [-0.2, -0.15) is 0 Å². The van der Waals surface area contributed by atoms with Crippen molar-refractivity contribution in [3.05, 3.63) is 47.5 Å². The van der Waals surface area contributed by atoms with Crippen LogP contribution in [0.15, 0.2) is 47.5 Å². The van der Waals surface area contributed by atoms with E-state index < -0.39 is 5.25 Å². The highest BCUT2D eigenvalue weighted by Gasteiger charge is 2.39. The Bertz CT molecular complexity index is 1000. The number of hydrogen-bond donors (Lipinski definition) is 1. The van der Waals surface area contributed by atoms with Crippen molar-refractivity contribution in [2.45, 2.75) is 11.7 Å². The molecule has 0 spiro atoms. The van der Waals surface area contributed by atoms with E-state index >= 15 is 0 Å². The van der Waals surface area contributed by atoms with Gasteiger partial charge < -0.3 is 19.5 Å². The van der Waals surface area contributed by atoms with Crippen LogP contribution in [-0.4, -0.2) is 61.6 Å². The Morgan fingerprint density at radius 1 is 1.16 bits per heavy atom. The summed E-state index contributed by atoms with van der Waals surface area (Å²) in [5, 5.41) is 3.32. The van der Waals surface area contributed by atoms with Crippen LogP contribution in [-0.2, 0) is 14.3 Å². The number of nitrogens with one attached hydrogen (secondary N) is 1. The van der Waals surface area contributed by atoms with Crippen molar-refractivity contribution in [3.63, 3.8) is 0 Å². The summed E-state index contributed by atoms with van der Waals surface area (Å²) in [6.07, 6.45) is -0.0208. The Hall–Kier alpha value is -2.75. The molecule has 0 bridgehead atoms. The van der Waals surface area contributed by atoms with E-state index in [4.69, 9.17) is 25.8 Å². The molecule has 1 fully saturated rings. The van der Waals surface area contributed by atoms with Crippen LogP contribution in [0.2, 0.25) is 5.02 Å². The van der Waals surface area contributed by atoms with Crippen molar-refractivity contribution in [2.24, 2.45) is 4.99 Å². The molecule has 1 aliphatic rings. The lowest BCUT2D eigenvalue weighted by atomic mass is 10.2. The first-order valence-corrected chi connectivity index (χ1v) is 11.0.